The molecule has 0 unspecified atom stereocenters. The Morgan fingerprint density at radius 1 is 0.971 bits per heavy atom. The van der Waals surface area contributed by atoms with Gasteiger partial charge in [0.1, 0.15) is 17.4 Å². The zero-order valence-corrected chi connectivity index (χ0v) is 19.6. The number of ether oxygens (including phenoxy) is 1. The van der Waals surface area contributed by atoms with Crippen molar-refractivity contribution in [3.05, 3.63) is 102 Å². The van der Waals surface area contributed by atoms with Crippen molar-refractivity contribution in [2.24, 2.45) is 0 Å². The number of halogens is 1. The molecule has 0 radical (unpaired) electrons. The highest BCUT2D eigenvalue weighted by Crippen LogP contribution is 2.25. The molecule has 0 bridgehead atoms. The highest BCUT2D eigenvalue weighted by atomic mass is 32.2. The summed E-state index contributed by atoms with van der Waals surface area (Å²) in [5, 5.41) is 12.3. The first-order valence-corrected chi connectivity index (χ1v) is 12.0. The lowest BCUT2D eigenvalue weighted by Gasteiger charge is -2.12. The van der Waals surface area contributed by atoms with Crippen LogP contribution < -0.4 is 10.1 Å². The number of nitrogens with one attached hydrogen (secondary N) is 1. The third-order valence-electron chi connectivity index (χ3n) is 5.05. The molecular formula is C26H25FN4O2S. The summed E-state index contributed by atoms with van der Waals surface area (Å²) < 4.78 is 20.6. The molecule has 0 aliphatic rings. The van der Waals surface area contributed by atoms with Crippen LogP contribution in [0.5, 0.6) is 5.75 Å². The van der Waals surface area contributed by atoms with Crippen LogP contribution >= 0.6 is 11.8 Å². The van der Waals surface area contributed by atoms with Crippen LogP contribution in [-0.4, -0.2) is 33.0 Å². The Hall–Kier alpha value is -3.65. The molecule has 0 fully saturated rings. The monoisotopic (exact) mass is 476 g/mol. The summed E-state index contributed by atoms with van der Waals surface area (Å²) >= 11 is 1.32. The van der Waals surface area contributed by atoms with Crippen LogP contribution in [0.3, 0.4) is 0 Å². The highest BCUT2D eigenvalue weighted by molar-refractivity contribution is 7.99. The van der Waals surface area contributed by atoms with Crippen LogP contribution in [0.1, 0.15) is 23.9 Å². The minimum Gasteiger partial charge on any atom is -0.494 e. The van der Waals surface area contributed by atoms with E-state index in [1.165, 1.54) is 23.9 Å². The molecule has 34 heavy (non-hydrogen) atoms. The molecule has 8 heteroatoms. The second kappa shape index (κ2) is 11.5. The molecule has 174 valence electrons. The first kappa shape index (κ1) is 23.5. The third-order valence-corrected chi connectivity index (χ3v) is 5.98. The lowest BCUT2D eigenvalue weighted by molar-refractivity contribution is -0.118. The van der Waals surface area contributed by atoms with Gasteiger partial charge in [-0.3, -0.25) is 9.36 Å². The van der Waals surface area contributed by atoms with Crippen LogP contribution in [0.15, 0.2) is 84.0 Å². The van der Waals surface area contributed by atoms with E-state index in [0.717, 1.165) is 28.4 Å². The molecule has 0 spiro atoms. The Kier molecular flexibility index (Phi) is 7.93. The van der Waals surface area contributed by atoms with Crippen molar-refractivity contribution in [1.82, 2.24) is 20.1 Å². The van der Waals surface area contributed by atoms with Gasteiger partial charge in [0.2, 0.25) is 5.91 Å². The number of thioether (sulfide) groups is 1. The van der Waals surface area contributed by atoms with Crippen molar-refractivity contribution in [2.75, 3.05) is 12.4 Å². The molecular weight excluding hydrogens is 451 g/mol. The summed E-state index contributed by atoms with van der Waals surface area (Å²) in [7, 11) is 0. The molecule has 3 aromatic carbocycles. The average molecular weight is 477 g/mol. The van der Waals surface area contributed by atoms with E-state index in [-0.39, 0.29) is 17.5 Å². The predicted molar refractivity (Wildman–Crippen MR) is 131 cm³/mol. The number of benzene rings is 3. The van der Waals surface area contributed by atoms with Crippen molar-refractivity contribution in [1.29, 1.82) is 0 Å². The van der Waals surface area contributed by atoms with E-state index in [0.29, 0.717) is 24.7 Å². The summed E-state index contributed by atoms with van der Waals surface area (Å²) in [6, 6.07) is 23.9. The van der Waals surface area contributed by atoms with Gasteiger partial charge in [-0.15, -0.1) is 10.2 Å². The van der Waals surface area contributed by atoms with Gasteiger partial charge in [0.15, 0.2) is 5.16 Å². The van der Waals surface area contributed by atoms with Gasteiger partial charge in [0.05, 0.1) is 12.4 Å². The second-order valence-corrected chi connectivity index (χ2v) is 8.46. The molecule has 1 aromatic heterocycles. The number of aromatic nitrogens is 3. The largest absolute Gasteiger partial charge is 0.494 e. The topological polar surface area (TPSA) is 69.0 Å². The number of hydrogen-bond donors (Lipinski definition) is 1. The maximum absolute atomic E-state index is 13.1. The quantitative estimate of drug-likeness (QED) is 0.333. The van der Waals surface area contributed by atoms with Gasteiger partial charge < -0.3 is 10.1 Å². The van der Waals surface area contributed by atoms with Gasteiger partial charge in [-0.2, -0.15) is 0 Å². The van der Waals surface area contributed by atoms with Crippen LogP contribution in [0.4, 0.5) is 4.39 Å². The minimum absolute atomic E-state index is 0.139. The van der Waals surface area contributed by atoms with Crippen LogP contribution in [0.2, 0.25) is 0 Å². The molecule has 0 saturated heterocycles. The normalized spacial score (nSPS) is 10.8. The van der Waals surface area contributed by atoms with Crippen LogP contribution in [-0.2, 0) is 17.8 Å². The predicted octanol–water partition coefficient (Wildman–Crippen LogP) is 4.80. The number of amides is 1. The summed E-state index contributed by atoms with van der Waals surface area (Å²) in [5.41, 5.74) is 2.85. The molecule has 0 aliphatic carbocycles. The molecule has 0 aliphatic heterocycles. The smallest absolute Gasteiger partial charge is 0.230 e. The Labute approximate surface area is 202 Å². The minimum atomic E-state index is -0.300. The Bertz CT molecular complexity index is 1210. The van der Waals surface area contributed by atoms with E-state index in [1.807, 2.05) is 66.1 Å². The SMILES string of the molecule is CCOc1ccc(-n2c(Cc3ccccc3)nnc2SCC(=O)NCc2ccc(F)cc2)cc1. The molecule has 4 rings (SSSR count). The maximum atomic E-state index is 13.1. The van der Waals surface area contributed by atoms with Gasteiger partial charge in [-0.05, 0) is 54.4 Å². The van der Waals surface area contributed by atoms with E-state index < -0.39 is 0 Å². The van der Waals surface area contributed by atoms with Crippen molar-refractivity contribution >= 4 is 17.7 Å². The van der Waals surface area contributed by atoms with Gasteiger partial charge in [0, 0.05) is 18.7 Å². The van der Waals surface area contributed by atoms with Crippen molar-refractivity contribution in [3.8, 4) is 11.4 Å². The number of carbonyl (C=O) groups is 1. The molecule has 0 atom stereocenters. The Morgan fingerprint density at radius 3 is 2.41 bits per heavy atom. The molecule has 1 amide bonds. The molecule has 1 N–H and O–H groups in total. The number of nitrogens with zero attached hydrogens (tertiary/aromatic N) is 3. The maximum Gasteiger partial charge on any atom is 0.230 e. The van der Waals surface area contributed by atoms with Crippen LogP contribution in [0, 0.1) is 5.82 Å². The number of rotatable bonds is 10. The first-order valence-electron chi connectivity index (χ1n) is 11.0. The summed E-state index contributed by atoms with van der Waals surface area (Å²) in [6.07, 6.45) is 0.609. The van der Waals surface area contributed by atoms with Crippen molar-refractivity contribution in [2.45, 2.75) is 25.0 Å². The molecule has 1 heterocycles. The number of hydrogen-bond acceptors (Lipinski definition) is 5. The molecule has 6 nitrogen and oxygen atoms in total. The summed E-state index contributed by atoms with van der Waals surface area (Å²) in [5.74, 6) is 1.32. The lowest BCUT2D eigenvalue weighted by Crippen LogP contribution is -2.24. The summed E-state index contributed by atoms with van der Waals surface area (Å²) in [4.78, 5) is 12.4. The van der Waals surface area contributed by atoms with Crippen LogP contribution in [0.25, 0.3) is 5.69 Å². The van der Waals surface area contributed by atoms with Gasteiger partial charge in [-0.1, -0.05) is 54.2 Å². The van der Waals surface area contributed by atoms with Crippen molar-refractivity contribution in [3.63, 3.8) is 0 Å². The average Bonchev–Trinajstić information content (AvgIpc) is 3.26. The van der Waals surface area contributed by atoms with E-state index in [9.17, 15) is 9.18 Å². The Balaban J connectivity index is 1.49. The van der Waals surface area contributed by atoms with Crippen molar-refractivity contribution < 1.29 is 13.9 Å². The fraction of sp³-hybridized carbons (Fsp3) is 0.192. The van der Waals surface area contributed by atoms with Gasteiger partial charge in [0.25, 0.3) is 0 Å². The van der Waals surface area contributed by atoms with E-state index in [2.05, 4.69) is 15.5 Å². The first-order chi connectivity index (χ1) is 16.6. The summed E-state index contributed by atoms with van der Waals surface area (Å²) in [6.45, 7) is 2.88. The second-order valence-electron chi connectivity index (χ2n) is 7.52. The van der Waals surface area contributed by atoms with E-state index >= 15 is 0 Å². The van der Waals surface area contributed by atoms with Gasteiger partial charge in [-0.25, -0.2) is 4.39 Å². The fourth-order valence-corrected chi connectivity index (χ4v) is 4.19. The highest BCUT2D eigenvalue weighted by Gasteiger charge is 2.16. The Morgan fingerprint density at radius 2 is 1.71 bits per heavy atom. The van der Waals surface area contributed by atoms with Gasteiger partial charge >= 0.3 is 0 Å². The standard InChI is InChI=1S/C26H25FN4O2S/c1-2-33-23-14-12-22(13-15-23)31-24(16-19-6-4-3-5-7-19)29-30-26(31)34-18-25(32)28-17-20-8-10-21(27)11-9-20/h3-15H,2,16-18H2,1H3,(H,28,32). The van der Waals surface area contributed by atoms with E-state index in [1.54, 1.807) is 12.1 Å². The van der Waals surface area contributed by atoms with E-state index in [4.69, 9.17) is 4.74 Å². The number of carbonyl (C=O) groups excluding carboxylic acids is 1. The molecule has 4 aromatic rings. The molecule has 0 saturated carbocycles. The zero-order valence-electron chi connectivity index (χ0n) is 18.8. The lowest BCUT2D eigenvalue weighted by atomic mass is 10.1. The fourth-order valence-electron chi connectivity index (χ4n) is 3.39. The zero-order chi connectivity index (χ0) is 23.8. The third kappa shape index (κ3) is 6.23.